The molecule has 11 heavy (non-hydrogen) atoms. The summed E-state index contributed by atoms with van der Waals surface area (Å²) < 4.78 is 25.1. The average molecular weight is 163 g/mol. The molecule has 0 unspecified atom stereocenters. The molecule has 0 bridgehead atoms. The first-order valence-corrected chi connectivity index (χ1v) is 3.96. The molecule has 3 heteroatoms. The van der Waals surface area contributed by atoms with Crippen molar-refractivity contribution < 1.29 is 13.9 Å². The predicted molar refractivity (Wildman–Crippen MR) is 38.3 cm³/mol. The van der Waals surface area contributed by atoms with Gasteiger partial charge in [-0.1, -0.05) is 0 Å². The Morgan fingerprint density at radius 3 is 2.36 bits per heavy atom. The van der Waals surface area contributed by atoms with Gasteiger partial charge in [-0.3, -0.25) is 0 Å². The van der Waals surface area contributed by atoms with Crippen LogP contribution in [-0.2, 0) is 0 Å². The van der Waals surface area contributed by atoms with Crippen LogP contribution >= 0.6 is 0 Å². The van der Waals surface area contributed by atoms with Gasteiger partial charge < -0.3 is 5.11 Å². The maximum atomic E-state index is 12.5. The zero-order chi connectivity index (χ0) is 8.32. The van der Waals surface area contributed by atoms with Crippen LogP contribution in [0.3, 0.4) is 0 Å². The minimum absolute atomic E-state index is 0.0102. The van der Waals surface area contributed by atoms with Crippen LogP contribution in [0.4, 0.5) is 8.78 Å². The van der Waals surface area contributed by atoms with Gasteiger partial charge in [0.2, 0.25) is 5.92 Å². The zero-order valence-corrected chi connectivity index (χ0v) is 6.39. The molecule has 0 saturated heterocycles. The van der Waals surface area contributed by atoms with Crippen molar-refractivity contribution in [3.05, 3.63) is 6.42 Å². The second-order valence-corrected chi connectivity index (χ2v) is 3.11. The Hall–Kier alpha value is -0.180. The molecule has 1 rings (SSSR count). The largest absolute Gasteiger partial charge is 0.396 e. The van der Waals surface area contributed by atoms with Crippen molar-refractivity contribution in [2.75, 3.05) is 6.61 Å². The minimum Gasteiger partial charge on any atom is -0.396 e. The summed E-state index contributed by atoms with van der Waals surface area (Å²) in [7, 11) is 0. The lowest BCUT2D eigenvalue weighted by Gasteiger charge is -2.27. The van der Waals surface area contributed by atoms with Gasteiger partial charge in [0.1, 0.15) is 0 Å². The highest BCUT2D eigenvalue weighted by Crippen LogP contribution is 2.36. The molecule has 0 aromatic heterocycles. The van der Waals surface area contributed by atoms with Gasteiger partial charge in [0.25, 0.3) is 0 Å². The number of hydrogen-bond acceptors (Lipinski definition) is 1. The van der Waals surface area contributed by atoms with Crippen molar-refractivity contribution in [2.24, 2.45) is 5.92 Å². The number of rotatable bonds is 2. The number of alkyl halides is 2. The summed E-state index contributed by atoms with van der Waals surface area (Å²) in [6, 6.07) is 0. The van der Waals surface area contributed by atoms with Crippen molar-refractivity contribution in [2.45, 2.75) is 31.6 Å². The fourth-order valence-corrected chi connectivity index (χ4v) is 1.45. The smallest absolute Gasteiger partial charge is 0.248 e. The van der Waals surface area contributed by atoms with Crippen LogP contribution in [-0.4, -0.2) is 17.6 Å². The summed E-state index contributed by atoms with van der Waals surface area (Å²) in [6.45, 7) is 0.0102. The molecule has 0 aromatic carbocycles. The molecule has 1 aliphatic carbocycles. The van der Waals surface area contributed by atoms with E-state index in [4.69, 9.17) is 5.11 Å². The van der Waals surface area contributed by atoms with Gasteiger partial charge >= 0.3 is 0 Å². The van der Waals surface area contributed by atoms with Crippen molar-refractivity contribution in [1.82, 2.24) is 0 Å². The molecule has 1 fully saturated rings. The molecule has 0 aliphatic heterocycles. The SMILES string of the molecule is OC[CH]C1CCC(F)(F)CC1. The van der Waals surface area contributed by atoms with Crippen molar-refractivity contribution in [1.29, 1.82) is 0 Å². The lowest BCUT2D eigenvalue weighted by atomic mass is 9.85. The van der Waals surface area contributed by atoms with E-state index in [0.29, 0.717) is 12.8 Å². The van der Waals surface area contributed by atoms with E-state index in [1.165, 1.54) is 0 Å². The van der Waals surface area contributed by atoms with Gasteiger partial charge in [-0.25, -0.2) is 8.78 Å². The summed E-state index contributed by atoms with van der Waals surface area (Å²) >= 11 is 0. The first-order chi connectivity index (χ1) is 5.14. The second kappa shape index (κ2) is 3.48. The fourth-order valence-electron chi connectivity index (χ4n) is 1.45. The van der Waals surface area contributed by atoms with E-state index in [1.54, 1.807) is 6.42 Å². The highest BCUT2D eigenvalue weighted by Gasteiger charge is 2.34. The Balaban J connectivity index is 2.25. The number of aliphatic hydroxyl groups is 1. The van der Waals surface area contributed by atoms with E-state index in [9.17, 15) is 8.78 Å². The first kappa shape index (κ1) is 8.91. The van der Waals surface area contributed by atoms with Crippen LogP contribution in [0.1, 0.15) is 25.7 Å². The van der Waals surface area contributed by atoms with Crippen LogP contribution in [0.2, 0.25) is 0 Å². The lowest BCUT2D eigenvalue weighted by Crippen LogP contribution is -2.25. The number of aliphatic hydroxyl groups excluding tert-OH is 1. The molecule has 0 spiro atoms. The van der Waals surface area contributed by atoms with Gasteiger partial charge in [-0.15, -0.1) is 0 Å². The molecule has 0 aromatic rings. The Bertz CT molecular complexity index is 115. The van der Waals surface area contributed by atoms with Gasteiger partial charge in [0.15, 0.2) is 0 Å². The lowest BCUT2D eigenvalue weighted by molar-refractivity contribution is -0.0432. The topological polar surface area (TPSA) is 20.2 Å². The zero-order valence-electron chi connectivity index (χ0n) is 6.39. The monoisotopic (exact) mass is 163 g/mol. The predicted octanol–water partition coefficient (Wildman–Crippen LogP) is 2.01. The summed E-state index contributed by atoms with van der Waals surface area (Å²) in [5.74, 6) is -2.24. The highest BCUT2D eigenvalue weighted by molar-refractivity contribution is 4.84. The molecule has 0 heterocycles. The minimum atomic E-state index is -2.44. The molecule has 0 atom stereocenters. The number of halogens is 2. The molecule has 1 N–H and O–H groups in total. The third-order valence-corrected chi connectivity index (χ3v) is 2.20. The molecule has 1 saturated carbocycles. The van der Waals surface area contributed by atoms with Crippen molar-refractivity contribution in [3.63, 3.8) is 0 Å². The molecule has 1 nitrogen and oxygen atoms in total. The van der Waals surface area contributed by atoms with E-state index < -0.39 is 5.92 Å². The summed E-state index contributed by atoms with van der Waals surface area (Å²) in [5, 5.41) is 8.51. The maximum Gasteiger partial charge on any atom is 0.248 e. The van der Waals surface area contributed by atoms with Gasteiger partial charge in [-0.05, 0) is 25.2 Å². The van der Waals surface area contributed by atoms with Crippen LogP contribution in [0.15, 0.2) is 0 Å². The van der Waals surface area contributed by atoms with E-state index >= 15 is 0 Å². The second-order valence-electron chi connectivity index (χ2n) is 3.11. The molecular formula is C8H13F2O. The van der Waals surface area contributed by atoms with E-state index in [-0.39, 0.29) is 25.4 Å². The van der Waals surface area contributed by atoms with Crippen molar-refractivity contribution >= 4 is 0 Å². The Morgan fingerprint density at radius 1 is 1.36 bits per heavy atom. The van der Waals surface area contributed by atoms with Crippen LogP contribution < -0.4 is 0 Å². The number of hydrogen-bond donors (Lipinski definition) is 1. The quantitative estimate of drug-likeness (QED) is 0.660. The maximum absolute atomic E-state index is 12.5. The third kappa shape index (κ3) is 2.73. The van der Waals surface area contributed by atoms with E-state index in [0.717, 1.165) is 0 Å². The van der Waals surface area contributed by atoms with Gasteiger partial charge in [0.05, 0.1) is 0 Å². The standard InChI is InChI=1S/C8H13F2O/c9-8(10)4-1-7(2-5-8)3-6-11/h3,7,11H,1-2,4-6H2. The molecular weight excluding hydrogens is 150 g/mol. The highest BCUT2D eigenvalue weighted by atomic mass is 19.3. The summed E-state index contributed by atoms with van der Waals surface area (Å²) in [4.78, 5) is 0. The average Bonchev–Trinajstić information content (AvgIpc) is 1.94. The van der Waals surface area contributed by atoms with Crippen LogP contribution in [0, 0.1) is 12.3 Å². The third-order valence-electron chi connectivity index (χ3n) is 2.20. The van der Waals surface area contributed by atoms with Gasteiger partial charge in [0, 0.05) is 19.4 Å². The summed E-state index contributed by atoms with van der Waals surface area (Å²) in [5.41, 5.74) is 0. The van der Waals surface area contributed by atoms with Gasteiger partial charge in [-0.2, -0.15) is 0 Å². The molecule has 65 valence electrons. The van der Waals surface area contributed by atoms with E-state index in [2.05, 4.69) is 0 Å². The molecule has 1 radical (unpaired) electrons. The normalized spacial score (nSPS) is 25.4. The van der Waals surface area contributed by atoms with E-state index in [1.807, 2.05) is 0 Å². The Kier molecular flexibility index (Phi) is 2.82. The summed E-state index contributed by atoms with van der Waals surface area (Å²) in [6.07, 6.45) is 2.72. The Morgan fingerprint density at radius 2 is 1.91 bits per heavy atom. The molecule has 1 aliphatic rings. The Labute approximate surface area is 65.4 Å². The van der Waals surface area contributed by atoms with Crippen LogP contribution in [0.25, 0.3) is 0 Å². The van der Waals surface area contributed by atoms with Crippen molar-refractivity contribution in [3.8, 4) is 0 Å². The first-order valence-electron chi connectivity index (χ1n) is 3.96. The van der Waals surface area contributed by atoms with Crippen LogP contribution in [0.5, 0.6) is 0 Å². The fraction of sp³-hybridized carbons (Fsp3) is 0.875. The molecule has 0 amide bonds.